The Kier molecular flexibility index (Phi) is 5.26. The fourth-order valence-corrected chi connectivity index (χ4v) is 2.37. The second-order valence-electron chi connectivity index (χ2n) is 4.50. The smallest absolute Gasteiger partial charge is 0.0595 e. The van der Waals surface area contributed by atoms with E-state index in [2.05, 4.69) is 36.5 Å². The summed E-state index contributed by atoms with van der Waals surface area (Å²) in [7, 11) is 0. The third-order valence-corrected chi connectivity index (χ3v) is 3.89. The molecule has 0 saturated carbocycles. The Bertz CT molecular complexity index is 526. The van der Waals surface area contributed by atoms with Crippen LogP contribution in [-0.4, -0.2) is 0 Å². The lowest BCUT2D eigenvalue weighted by Crippen LogP contribution is -2.20. The highest BCUT2D eigenvalue weighted by molar-refractivity contribution is 6.42. The van der Waals surface area contributed by atoms with Crippen molar-refractivity contribution in [3.8, 4) is 0 Å². The first-order valence-corrected chi connectivity index (χ1v) is 7.18. The lowest BCUT2D eigenvalue weighted by atomic mass is 10.0. The number of rotatable bonds is 5. The van der Waals surface area contributed by atoms with Crippen LogP contribution >= 0.6 is 23.2 Å². The summed E-state index contributed by atoms with van der Waals surface area (Å²) < 4.78 is 0. The van der Waals surface area contributed by atoms with Crippen molar-refractivity contribution in [3.05, 3.63) is 69.7 Å². The third-order valence-electron chi connectivity index (χ3n) is 3.15. The van der Waals surface area contributed by atoms with E-state index in [-0.39, 0.29) is 6.04 Å². The van der Waals surface area contributed by atoms with E-state index in [1.54, 1.807) is 0 Å². The van der Waals surface area contributed by atoms with Crippen LogP contribution in [0.4, 0.5) is 0 Å². The van der Waals surface area contributed by atoms with Gasteiger partial charge in [-0.05, 0) is 29.7 Å². The van der Waals surface area contributed by atoms with Crippen LogP contribution in [0.25, 0.3) is 0 Å². The first-order valence-electron chi connectivity index (χ1n) is 6.43. The molecule has 0 amide bonds. The molecule has 100 valence electrons. The summed E-state index contributed by atoms with van der Waals surface area (Å²) in [5.41, 5.74) is 2.45. The maximum absolute atomic E-state index is 6.07. The van der Waals surface area contributed by atoms with Gasteiger partial charge in [-0.3, -0.25) is 0 Å². The molecule has 0 aliphatic rings. The molecule has 2 rings (SSSR count). The van der Waals surface area contributed by atoms with Gasteiger partial charge in [0.1, 0.15) is 0 Å². The minimum absolute atomic E-state index is 0.287. The molecule has 0 spiro atoms. The normalized spacial score (nSPS) is 12.4. The van der Waals surface area contributed by atoms with Gasteiger partial charge < -0.3 is 5.32 Å². The molecular formula is C16H17Cl2N. The summed E-state index contributed by atoms with van der Waals surface area (Å²) in [6.45, 7) is 3.00. The van der Waals surface area contributed by atoms with Crippen molar-refractivity contribution in [2.45, 2.75) is 25.9 Å². The quantitative estimate of drug-likeness (QED) is 0.795. The monoisotopic (exact) mass is 293 g/mol. The van der Waals surface area contributed by atoms with Crippen LogP contribution in [0.15, 0.2) is 48.5 Å². The molecule has 0 aromatic heterocycles. The molecule has 1 nitrogen and oxygen atoms in total. The van der Waals surface area contributed by atoms with Gasteiger partial charge in [0.25, 0.3) is 0 Å². The highest BCUT2D eigenvalue weighted by atomic mass is 35.5. The minimum Gasteiger partial charge on any atom is -0.306 e. The molecule has 0 aliphatic carbocycles. The maximum atomic E-state index is 6.07. The van der Waals surface area contributed by atoms with Gasteiger partial charge in [-0.2, -0.15) is 0 Å². The van der Waals surface area contributed by atoms with Crippen LogP contribution in [0.2, 0.25) is 10.0 Å². The predicted octanol–water partition coefficient (Wildman–Crippen LogP) is 5.23. The van der Waals surface area contributed by atoms with E-state index in [4.69, 9.17) is 23.2 Å². The second-order valence-corrected chi connectivity index (χ2v) is 5.32. The molecule has 0 heterocycles. The van der Waals surface area contributed by atoms with Crippen molar-refractivity contribution >= 4 is 23.2 Å². The molecule has 0 fully saturated rings. The number of halogens is 2. The molecule has 2 aromatic carbocycles. The van der Waals surface area contributed by atoms with Gasteiger partial charge in [-0.1, -0.05) is 66.5 Å². The maximum Gasteiger partial charge on any atom is 0.0595 e. The Morgan fingerprint density at radius 3 is 2.37 bits per heavy atom. The van der Waals surface area contributed by atoms with E-state index in [1.165, 1.54) is 11.1 Å². The highest BCUT2D eigenvalue weighted by Crippen LogP contribution is 2.27. The van der Waals surface area contributed by atoms with Crippen LogP contribution in [0.1, 0.15) is 30.5 Å². The zero-order chi connectivity index (χ0) is 13.7. The molecule has 2 aromatic rings. The number of nitrogens with one attached hydrogen (secondary N) is 1. The zero-order valence-corrected chi connectivity index (χ0v) is 12.4. The minimum atomic E-state index is 0.287. The fourth-order valence-electron chi connectivity index (χ4n) is 2.06. The molecule has 3 heteroatoms. The van der Waals surface area contributed by atoms with Crippen molar-refractivity contribution < 1.29 is 0 Å². The molecular weight excluding hydrogens is 277 g/mol. The van der Waals surface area contributed by atoms with Crippen molar-refractivity contribution in [3.63, 3.8) is 0 Å². The van der Waals surface area contributed by atoms with Crippen LogP contribution in [0.3, 0.4) is 0 Å². The SMILES string of the molecule is CCC(NCc1ccccc1)c1ccc(Cl)c(Cl)c1. The summed E-state index contributed by atoms with van der Waals surface area (Å²) in [5.74, 6) is 0. The fraction of sp³-hybridized carbons (Fsp3) is 0.250. The van der Waals surface area contributed by atoms with Crippen LogP contribution < -0.4 is 5.32 Å². The van der Waals surface area contributed by atoms with Crippen molar-refractivity contribution in [2.24, 2.45) is 0 Å². The predicted molar refractivity (Wildman–Crippen MR) is 82.8 cm³/mol. The summed E-state index contributed by atoms with van der Waals surface area (Å²) in [6.07, 6.45) is 1.00. The first-order chi connectivity index (χ1) is 9.20. The van der Waals surface area contributed by atoms with Gasteiger partial charge in [0.15, 0.2) is 0 Å². The Hall–Kier alpha value is -1.02. The van der Waals surface area contributed by atoms with Crippen LogP contribution in [0.5, 0.6) is 0 Å². The third kappa shape index (κ3) is 3.97. The zero-order valence-electron chi connectivity index (χ0n) is 10.9. The molecule has 19 heavy (non-hydrogen) atoms. The topological polar surface area (TPSA) is 12.0 Å². The number of hydrogen-bond donors (Lipinski definition) is 1. The Balaban J connectivity index is 2.05. The van der Waals surface area contributed by atoms with Gasteiger partial charge in [0.05, 0.1) is 10.0 Å². The molecule has 1 unspecified atom stereocenters. The van der Waals surface area contributed by atoms with E-state index in [1.807, 2.05) is 24.3 Å². The Labute approximate surface area is 124 Å². The average molecular weight is 294 g/mol. The van der Waals surface area contributed by atoms with Gasteiger partial charge >= 0.3 is 0 Å². The highest BCUT2D eigenvalue weighted by Gasteiger charge is 2.10. The molecule has 0 saturated heterocycles. The lowest BCUT2D eigenvalue weighted by molar-refractivity contribution is 0.519. The Morgan fingerprint density at radius 2 is 1.74 bits per heavy atom. The van der Waals surface area contributed by atoms with Gasteiger partial charge in [0.2, 0.25) is 0 Å². The van der Waals surface area contributed by atoms with E-state index >= 15 is 0 Å². The van der Waals surface area contributed by atoms with Gasteiger partial charge in [0, 0.05) is 12.6 Å². The summed E-state index contributed by atoms with van der Waals surface area (Å²) in [6, 6.07) is 16.5. The summed E-state index contributed by atoms with van der Waals surface area (Å²) in [4.78, 5) is 0. The van der Waals surface area contributed by atoms with E-state index in [0.717, 1.165) is 13.0 Å². The van der Waals surface area contributed by atoms with Crippen LogP contribution in [-0.2, 0) is 6.54 Å². The van der Waals surface area contributed by atoms with Crippen molar-refractivity contribution in [1.82, 2.24) is 5.32 Å². The standard InChI is InChI=1S/C16H17Cl2N/c1-2-16(13-8-9-14(17)15(18)10-13)19-11-12-6-4-3-5-7-12/h3-10,16,19H,2,11H2,1H3. The van der Waals surface area contributed by atoms with Crippen molar-refractivity contribution in [2.75, 3.05) is 0 Å². The molecule has 0 bridgehead atoms. The van der Waals surface area contributed by atoms with Crippen molar-refractivity contribution in [1.29, 1.82) is 0 Å². The van der Waals surface area contributed by atoms with Gasteiger partial charge in [-0.15, -0.1) is 0 Å². The molecule has 0 aliphatic heterocycles. The first kappa shape index (κ1) is 14.4. The van der Waals surface area contributed by atoms with Crippen LogP contribution in [0, 0.1) is 0 Å². The largest absolute Gasteiger partial charge is 0.306 e. The van der Waals surface area contributed by atoms with E-state index in [9.17, 15) is 0 Å². The number of hydrogen-bond acceptors (Lipinski definition) is 1. The number of benzene rings is 2. The van der Waals surface area contributed by atoms with Gasteiger partial charge in [-0.25, -0.2) is 0 Å². The molecule has 1 atom stereocenters. The lowest BCUT2D eigenvalue weighted by Gasteiger charge is -2.18. The summed E-state index contributed by atoms with van der Waals surface area (Å²) in [5, 5.41) is 4.76. The van der Waals surface area contributed by atoms with E-state index in [0.29, 0.717) is 10.0 Å². The van der Waals surface area contributed by atoms with E-state index < -0.39 is 0 Å². The average Bonchev–Trinajstić information content (AvgIpc) is 2.44. The second kappa shape index (κ2) is 6.95. The Morgan fingerprint density at radius 1 is 1.00 bits per heavy atom. The summed E-state index contributed by atoms with van der Waals surface area (Å²) >= 11 is 12.0. The molecule has 0 radical (unpaired) electrons. The molecule has 1 N–H and O–H groups in total.